The molecule has 1 aliphatic heterocycles. The van der Waals surface area contributed by atoms with Crippen LogP contribution in [0.5, 0.6) is 0 Å². The molecule has 1 aromatic carbocycles. The Hall–Kier alpha value is -3.14. The van der Waals surface area contributed by atoms with Gasteiger partial charge in [0.2, 0.25) is 5.95 Å². The van der Waals surface area contributed by atoms with Gasteiger partial charge in [0.05, 0.1) is 12.5 Å². The van der Waals surface area contributed by atoms with E-state index < -0.39 is 0 Å². The molecule has 1 aromatic heterocycles. The van der Waals surface area contributed by atoms with Gasteiger partial charge in [0.1, 0.15) is 12.0 Å². The van der Waals surface area contributed by atoms with Gasteiger partial charge in [0, 0.05) is 24.0 Å². The average molecular weight is 333 g/mol. The SMILES string of the molecule is N#CCc1ccc(Nc2nccc(NC3CC(C4CC4)=NN3)n2)cc1. The summed E-state index contributed by atoms with van der Waals surface area (Å²) in [4.78, 5) is 8.76. The molecule has 0 amide bonds. The lowest BCUT2D eigenvalue weighted by molar-refractivity contribution is 0.646. The van der Waals surface area contributed by atoms with Crippen molar-refractivity contribution in [2.75, 3.05) is 10.6 Å². The molecule has 3 N–H and O–H groups in total. The third-order valence-electron chi connectivity index (χ3n) is 4.30. The predicted octanol–water partition coefficient (Wildman–Crippen LogP) is 2.78. The zero-order valence-electron chi connectivity index (χ0n) is 13.7. The van der Waals surface area contributed by atoms with Crippen LogP contribution in [0.1, 0.15) is 24.8 Å². The van der Waals surface area contributed by atoms with E-state index in [-0.39, 0.29) is 6.17 Å². The Balaban J connectivity index is 1.37. The second-order valence-electron chi connectivity index (χ2n) is 6.33. The number of benzene rings is 1. The first-order chi connectivity index (χ1) is 12.3. The summed E-state index contributed by atoms with van der Waals surface area (Å²) in [7, 11) is 0. The van der Waals surface area contributed by atoms with Crippen LogP contribution in [0.25, 0.3) is 0 Å². The summed E-state index contributed by atoms with van der Waals surface area (Å²) < 4.78 is 0. The fourth-order valence-electron chi connectivity index (χ4n) is 2.82. The van der Waals surface area contributed by atoms with Crippen molar-refractivity contribution in [3.63, 3.8) is 0 Å². The van der Waals surface area contributed by atoms with E-state index in [4.69, 9.17) is 5.26 Å². The number of hydrogen-bond acceptors (Lipinski definition) is 7. The quantitative estimate of drug-likeness (QED) is 0.752. The van der Waals surface area contributed by atoms with Gasteiger partial charge in [-0.15, -0.1) is 0 Å². The van der Waals surface area contributed by atoms with Crippen molar-refractivity contribution in [2.24, 2.45) is 11.0 Å². The van der Waals surface area contributed by atoms with Crippen LogP contribution in [-0.2, 0) is 6.42 Å². The first kappa shape index (κ1) is 15.4. The Bertz CT molecular complexity index is 818. The second-order valence-corrected chi connectivity index (χ2v) is 6.33. The molecule has 0 spiro atoms. The number of nitriles is 1. The molecule has 7 heteroatoms. The van der Waals surface area contributed by atoms with Crippen LogP contribution >= 0.6 is 0 Å². The Kier molecular flexibility index (Phi) is 4.17. The predicted molar refractivity (Wildman–Crippen MR) is 96.4 cm³/mol. The van der Waals surface area contributed by atoms with E-state index in [1.54, 1.807) is 6.20 Å². The maximum absolute atomic E-state index is 8.72. The topological polar surface area (TPSA) is 98.0 Å². The number of rotatable bonds is 6. The van der Waals surface area contributed by atoms with Gasteiger partial charge in [0.25, 0.3) is 0 Å². The lowest BCUT2D eigenvalue weighted by Crippen LogP contribution is -2.29. The van der Waals surface area contributed by atoms with E-state index in [0.29, 0.717) is 18.3 Å². The van der Waals surface area contributed by atoms with Gasteiger partial charge in [-0.25, -0.2) is 4.98 Å². The van der Waals surface area contributed by atoms with Crippen LogP contribution in [0.2, 0.25) is 0 Å². The van der Waals surface area contributed by atoms with Crippen molar-refractivity contribution in [3.05, 3.63) is 42.1 Å². The molecule has 1 saturated carbocycles. The summed E-state index contributed by atoms with van der Waals surface area (Å²) in [6, 6.07) is 11.7. The number of aromatic nitrogens is 2. The molecular formula is C18H19N7. The molecule has 2 heterocycles. The van der Waals surface area contributed by atoms with Crippen molar-refractivity contribution < 1.29 is 0 Å². The molecule has 7 nitrogen and oxygen atoms in total. The van der Waals surface area contributed by atoms with Crippen LogP contribution in [0.4, 0.5) is 17.5 Å². The smallest absolute Gasteiger partial charge is 0.229 e. The molecule has 0 bridgehead atoms. The molecule has 2 aliphatic rings. The van der Waals surface area contributed by atoms with Gasteiger partial charge in [-0.3, -0.25) is 5.43 Å². The van der Waals surface area contributed by atoms with Crippen molar-refractivity contribution in [1.82, 2.24) is 15.4 Å². The van der Waals surface area contributed by atoms with Gasteiger partial charge in [0.15, 0.2) is 0 Å². The van der Waals surface area contributed by atoms with Gasteiger partial charge < -0.3 is 10.6 Å². The fraction of sp³-hybridized carbons (Fsp3) is 0.333. The maximum Gasteiger partial charge on any atom is 0.229 e. The Morgan fingerprint density at radius 2 is 2.04 bits per heavy atom. The number of nitrogens with zero attached hydrogens (tertiary/aromatic N) is 4. The number of hydrogen-bond donors (Lipinski definition) is 3. The maximum atomic E-state index is 8.72. The van der Waals surface area contributed by atoms with E-state index in [2.05, 4.69) is 37.2 Å². The molecule has 1 fully saturated rings. The number of hydrazone groups is 1. The minimum atomic E-state index is 0.0867. The molecule has 2 aromatic rings. The Labute approximate surface area is 146 Å². The van der Waals surface area contributed by atoms with Crippen molar-refractivity contribution in [1.29, 1.82) is 5.26 Å². The summed E-state index contributed by atoms with van der Waals surface area (Å²) in [6.45, 7) is 0. The summed E-state index contributed by atoms with van der Waals surface area (Å²) in [6.07, 6.45) is 5.67. The summed E-state index contributed by atoms with van der Waals surface area (Å²) in [5.41, 5.74) is 6.27. The Morgan fingerprint density at radius 3 is 2.80 bits per heavy atom. The minimum absolute atomic E-state index is 0.0867. The third-order valence-corrected chi connectivity index (χ3v) is 4.30. The summed E-state index contributed by atoms with van der Waals surface area (Å²) in [5.74, 6) is 1.97. The fourth-order valence-corrected chi connectivity index (χ4v) is 2.82. The highest BCUT2D eigenvalue weighted by atomic mass is 15.4. The van der Waals surface area contributed by atoms with Crippen LogP contribution in [0, 0.1) is 17.2 Å². The van der Waals surface area contributed by atoms with Crippen LogP contribution in [-0.4, -0.2) is 21.8 Å². The largest absolute Gasteiger partial charge is 0.348 e. The summed E-state index contributed by atoms with van der Waals surface area (Å²) in [5, 5.41) is 19.7. The monoisotopic (exact) mass is 333 g/mol. The molecular weight excluding hydrogens is 314 g/mol. The van der Waals surface area contributed by atoms with E-state index >= 15 is 0 Å². The van der Waals surface area contributed by atoms with Gasteiger partial charge in [-0.2, -0.15) is 15.3 Å². The molecule has 4 rings (SSSR count). The van der Waals surface area contributed by atoms with Gasteiger partial charge in [-0.1, -0.05) is 12.1 Å². The van der Waals surface area contributed by atoms with E-state index in [1.807, 2.05) is 30.3 Å². The molecule has 1 atom stereocenters. The molecule has 1 unspecified atom stereocenters. The van der Waals surface area contributed by atoms with Crippen molar-refractivity contribution in [3.8, 4) is 6.07 Å². The first-order valence-corrected chi connectivity index (χ1v) is 8.44. The highest BCUT2D eigenvalue weighted by Gasteiger charge is 2.32. The molecule has 0 radical (unpaired) electrons. The Morgan fingerprint density at radius 1 is 1.20 bits per heavy atom. The summed E-state index contributed by atoms with van der Waals surface area (Å²) >= 11 is 0. The van der Waals surface area contributed by atoms with E-state index in [1.165, 1.54) is 18.6 Å². The molecule has 126 valence electrons. The molecule has 25 heavy (non-hydrogen) atoms. The lowest BCUT2D eigenvalue weighted by atomic mass is 10.1. The zero-order valence-corrected chi connectivity index (χ0v) is 13.7. The van der Waals surface area contributed by atoms with Crippen molar-refractivity contribution in [2.45, 2.75) is 31.8 Å². The first-order valence-electron chi connectivity index (χ1n) is 8.44. The van der Waals surface area contributed by atoms with E-state index in [9.17, 15) is 0 Å². The standard InChI is InChI=1S/C18H19N7/c19-9-7-12-1-5-14(6-2-12)21-18-20-10-8-16(23-18)22-17-11-15(24-25-17)13-3-4-13/h1-2,5-6,8,10,13,17,25H,3-4,7,11H2,(H2,20,21,22,23). The highest BCUT2D eigenvalue weighted by Crippen LogP contribution is 2.33. The van der Waals surface area contributed by atoms with Gasteiger partial charge >= 0.3 is 0 Å². The molecule has 0 saturated heterocycles. The highest BCUT2D eigenvalue weighted by molar-refractivity contribution is 5.90. The minimum Gasteiger partial charge on any atom is -0.348 e. The van der Waals surface area contributed by atoms with E-state index in [0.717, 1.165) is 23.5 Å². The average Bonchev–Trinajstić information content (AvgIpc) is 3.37. The van der Waals surface area contributed by atoms with Crippen LogP contribution < -0.4 is 16.1 Å². The zero-order chi connectivity index (χ0) is 17.1. The van der Waals surface area contributed by atoms with Crippen molar-refractivity contribution >= 4 is 23.2 Å². The normalized spacial score (nSPS) is 18.8. The third kappa shape index (κ3) is 3.86. The lowest BCUT2D eigenvalue weighted by Gasteiger charge is -2.14. The second kappa shape index (κ2) is 6.77. The number of anilines is 3. The van der Waals surface area contributed by atoms with Crippen LogP contribution in [0.15, 0.2) is 41.6 Å². The van der Waals surface area contributed by atoms with Gasteiger partial charge in [-0.05, 0) is 42.5 Å². The molecule has 1 aliphatic carbocycles. The number of nitrogens with one attached hydrogen (secondary N) is 3. The van der Waals surface area contributed by atoms with Crippen LogP contribution in [0.3, 0.4) is 0 Å².